The number of para-hydroxylation sites is 1. The minimum absolute atomic E-state index is 0.225. The van der Waals surface area contributed by atoms with Crippen LogP contribution >= 0.6 is 0 Å². The molecule has 0 bridgehead atoms. The van der Waals surface area contributed by atoms with Crippen molar-refractivity contribution in [2.75, 3.05) is 31.1 Å². The number of benzene rings is 1. The quantitative estimate of drug-likeness (QED) is 0.926. The first-order valence-electron chi connectivity index (χ1n) is 8.42. The lowest BCUT2D eigenvalue weighted by atomic mass is 9.94. The molecule has 2 heterocycles. The molecule has 2 unspecified atom stereocenters. The number of hydrogen-bond donors (Lipinski definition) is 1. The summed E-state index contributed by atoms with van der Waals surface area (Å²) < 4.78 is 0. The van der Waals surface area contributed by atoms with Crippen LogP contribution in [0.5, 0.6) is 0 Å². The van der Waals surface area contributed by atoms with Gasteiger partial charge in [0.1, 0.15) is 0 Å². The zero-order chi connectivity index (χ0) is 15.5. The van der Waals surface area contributed by atoms with Crippen molar-refractivity contribution in [2.45, 2.75) is 38.6 Å². The number of nitrogens with zero attached hydrogens (tertiary/aromatic N) is 2. The van der Waals surface area contributed by atoms with Crippen LogP contribution in [0.15, 0.2) is 24.3 Å². The fourth-order valence-electron chi connectivity index (χ4n) is 3.69. The van der Waals surface area contributed by atoms with E-state index in [1.165, 1.54) is 5.56 Å². The molecule has 4 heteroatoms. The molecule has 0 aliphatic carbocycles. The molecule has 4 nitrogen and oxygen atoms in total. The Morgan fingerprint density at radius 1 is 1.32 bits per heavy atom. The van der Waals surface area contributed by atoms with E-state index < -0.39 is 0 Å². The van der Waals surface area contributed by atoms with Crippen molar-refractivity contribution in [3.63, 3.8) is 0 Å². The average molecular weight is 302 g/mol. The predicted molar refractivity (Wildman–Crippen MR) is 88.0 cm³/mol. The molecule has 120 valence electrons. The minimum atomic E-state index is 0.225. The molecule has 22 heavy (non-hydrogen) atoms. The lowest BCUT2D eigenvalue weighted by Gasteiger charge is -2.37. The number of carbonyl (C=O) groups is 1. The summed E-state index contributed by atoms with van der Waals surface area (Å²) in [6, 6.07) is 8.72. The Labute approximate surface area is 132 Å². The predicted octanol–water partition coefficient (Wildman–Crippen LogP) is 2.06. The Bertz CT molecular complexity index is 532. The molecule has 0 spiro atoms. The van der Waals surface area contributed by atoms with Crippen molar-refractivity contribution in [2.24, 2.45) is 5.92 Å². The smallest absolute Gasteiger partial charge is 0.228 e. The SMILES string of the molecule is CC1CCC(CO)CN1CCC(=O)N1CCc2ccccc21. The Kier molecular flexibility index (Phi) is 4.79. The summed E-state index contributed by atoms with van der Waals surface area (Å²) in [6.45, 7) is 5.02. The molecular weight excluding hydrogens is 276 g/mol. The van der Waals surface area contributed by atoms with Crippen LogP contribution < -0.4 is 4.90 Å². The normalized spacial score (nSPS) is 25.3. The van der Waals surface area contributed by atoms with Crippen LogP contribution in [0.1, 0.15) is 31.7 Å². The van der Waals surface area contributed by atoms with E-state index >= 15 is 0 Å². The van der Waals surface area contributed by atoms with Gasteiger partial charge in [0, 0.05) is 44.4 Å². The van der Waals surface area contributed by atoms with Crippen LogP contribution in [0.2, 0.25) is 0 Å². The zero-order valence-corrected chi connectivity index (χ0v) is 13.4. The third-order valence-electron chi connectivity index (χ3n) is 5.17. The molecule has 1 amide bonds. The number of carbonyl (C=O) groups excluding carboxylic acids is 1. The number of amides is 1. The van der Waals surface area contributed by atoms with Gasteiger partial charge in [-0.15, -0.1) is 0 Å². The summed E-state index contributed by atoms with van der Waals surface area (Å²) in [4.78, 5) is 16.9. The van der Waals surface area contributed by atoms with Crippen LogP contribution in [0.25, 0.3) is 0 Å². The van der Waals surface area contributed by atoms with Gasteiger partial charge >= 0.3 is 0 Å². The highest BCUT2D eigenvalue weighted by atomic mass is 16.3. The molecular formula is C18H26N2O2. The Morgan fingerprint density at radius 2 is 2.14 bits per heavy atom. The standard InChI is InChI=1S/C18H26N2O2/c1-14-6-7-15(13-21)12-19(14)10-9-18(22)20-11-8-16-4-2-3-5-17(16)20/h2-5,14-15,21H,6-13H2,1H3. The highest BCUT2D eigenvalue weighted by molar-refractivity contribution is 5.95. The summed E-state index contributed by atoms with van der Waals surface area (Å²) >= 11 is 0. The first kappa shape index (κ1) is 15.5. The number of piperidine rings is 1. The zero-order valence-electron chi connectivity index (χ0n) is 13.4. The van der Waals surface area contributed by atoms with Crippen LogP contribution in [0.3, 0.4) is 0 Å². The maximum Gasteiger partial charge on any atom is 0.228 e. The summed E-state index contributed by atoms with van der Waals surface area (Å²) in [5.41, 5.74) is 2.37. The molecule has 0 radical (unpaired) electrons. The second-order valence-corrected chi connectivity index (χ2v) is 6.64. The number of rotatable bonds is 4. The maximum absolute atomic E-state index is 12.6. The van der Waals surface area contributed by atoms with Crippen molar-refractivity contribution in [1.29, 1.82) is 0 Å². The molecule has 2 aliphatic rings. The maximum atomic E-state index is 12.6. The van der Waals surface area contributed by atoms with Gasteiger partial charge in [-0.2, -0.15) is 0 Å². The van der Waals surface area contributed by atoms with Crippen LogP contribution in [-0.2, 0) is 11.2 Å². The van der Waals surface area contributed by atoms with E-state index in [1.807, 2.05) is 23.1 Å². The monoisotopic (exact) mass is 302 g/mol. The molecule has 1 aromatic rings. The number of hydrogen-bond acceptors (Lipinski definition) is 3. The summed E-state index contributed by atoms with van der Waals surface area (Å²) in [5.74, 6) is 0.599. The third-order valence-corrected chi connectivity index (χ3v) is 5.17. The number of anilines is 1. The van der Waals surface area contributed by atoms with Gasteiger partial charge in [0.15, 0.2) is 0 Å². The lowest BCUT2D eigenvalue weighted by molar-refractivity contribution is -0.119. The fourth-order valence-corrected chi connectivity index (χ4v) is 3.69. The summed E-state index contributed by atoms with van der Waals surface area (Å²) in [6.07, 6.45) is 3.75. The molecule has 3 rings (SSSR count). The van der Waals surface area contributed by atoms with Gasteiger partial charge in [0.2, 0.25) is 5.91 Å². The van der Waals surface area contributed by atoms with Crippen molar-refractivity contribution in [1.82, 2.24) is 4.90 Å². The van der Waals surface area contributed by atoms with Gasteiger partial charge in [-0.05, 0) is 43.7 Å². The number of fused-ring (bicyclic) bond motifs is 1. The first-order chi connectivity index (χ1) is 10.7. The summed E-state index contributed by atoms with van der Waals surface area (Å²) in [7, 11) is 0. The van der Waals surface area contributed by atoms with Gasteiger partial charge in [0.05, 0.1) is 0 Å². The lowest BCUT2D eigenvalue weighted by Crippen LogP contribution is -2.44. The van der Waals surface area contributed by atoms with E-state index in [4.69, 9.17) is 0 Å². The van der Waals surface area contributed by atoms with E-state index in [-0.39, 0.29) is 12.5 Å². The van der Waals surface area contributed by atoms with E-state index in [9.17, 15) is 9.90 Å². The van der Waals surface area contributed by atoms with E-state index in [2.05, 4.69) is 17.9 Å². The molecule has 2 aliphatic heterocycles. The van der Waals surface area contributed by atoms with Gasteiger partial charge in [-0.1, -0.05) is 18.2 Å². The van der Waals surface area contributed by atoms with Crippen molar-refractivity contribution in [3.8, 4) is 0 Å². The van der Waals surface area contributed by atoms with Gasteiger partial charge < -0.3 is 10.0 Å². The number of likely N-dealkylation sites (tertiary alicyclic amines) is 1. The highest BCUT2D eigenvalue weighted by Gasteiger charge is 2.27. The van der Waals surface area contributed by atoms with Crippen molar-refractivity contribution >= 4 is 11.6 Å². The second kappa shape index (κ2) is 6.80. The third kappa shape index (κ3) is 3.18. The van der Waals surface area contributed by atoms with Gasteiger partial charge in [-0.3, -0.25) is 9.69 Å². The topological polar surface area (TPSA) is 43.8 Å². The van der Waals surface area contributed by atoms with Crippen LogP contribution in [-0.4, -0.2) is 48.2 Å². The van der Waals surface area contributed by atoms with E-state index in [0.29, 0.717) is 18.4 Å². The molecule has 0 aromatic heterocycles. The van der Waals surface area contributed by atoms with Gasteiger partial charge in [-0.25, -0.2) is 0 Å². The largest absolute Gasteiger partial charge is 0.396 e. The molecule has 1 saturated heterocycles. The number of aliphatic hydroxyl groups is 1. The van der Waals surface area contributed by atoms with E-state index in [1.54, 1.807) is 0 Å². The number of aliphatic hydroxyl groups excluding tert-OH is 1. The summed E-state index contributed by atoms with van der Waals surface area (Å²) in [5, 5.41) is 9.35. The Morgan fingerprint density at radius 3 is 2.95 bits per heavy atom. The van der Waals surface area contributed by atoms with Crippen LogP contribution in [0.4, 0.5) is 5.69 Å². The van der Waals surface area contributed by atoms with E-state index in [0.717, 1.165) is 44.6 Å². The average Bonchev–Trinajstić information content (AvgIpc) is 2.98. The fraction of sp³-hybridized carbons (Fsp3) is 0.611. The van der Waals surface area contributed by atoms with Crippen molar-refractivity contribution in [3.05, 3.63) is 29.8 Å². The molecule has 1 N–H and O–H groups in total. The van der Waals surface area contributed by atoms with Crippen LogP contribution in [0, 0.1) is 5.92 Å². The van der Waals surface area contributed by atoms with Gasteiger partial charge in [0.25, 0.3) is 0 Å². The highest BCUT2D eigenvalue weighted by Crippen LogP contribution is 2.28. The molecule has 1 aromatic carbocycles. The molecule has 0 saturated carbocycles. The molecule has 2 atom stereocenters. The van der Waals surface area contributed by atoms with Crippen molar-refractivity contribution < 1.29 is 9.90 Å². The second-order valence-electron chi connectivity index (χ2n) is 6.64. The molecule has 1 fully saturated rings. The minimum Gasteiger partial charge on any atom is -0.396 e. The Balaban J connectivity index is 1.56. The Hall–Kier alpha value is -1.39. The first-order valence-corrected chi connectivity index (χ1v) is 8.42.